The average Bonchev–Trinajstić information content (AvgIpc) is 3.31. The van der Waals surface area contributed by atoms with E-state index < -0.39 is 22.9 Å². The number of ketones is 1. The van der Waals surface area contributed by atoms with Crippen LogP contribution in [0.25, 0.3) is 11.2 Å². The van der Waals surface area contributed by atoms with E-state index in [-0.39, 0.29) is 42.5 Å². The number of piperidine rings is 1. The SMILES string of the molecule is CC#CCn1c(N2CCC[C@@H](NC(=O)OC(C)(C)C)C2)nc2c1c(=O)n(CC(=O)CCc1ccccc1)c(=O)n2C. The van der Waals surface area contributed by atoms with Crippen molar-refractivity contribution < 1.29 is 14.3 Å². The van der Waals surface area contributed by atoms with Crippen molar-refractivity contribution in [2.75, 3.05) is 18.0 Å². The van der Waals surface area contributed by atoms with Crippen LogP contribution in [0, 0.1) is 11.8 Å². The number of fused-ring (bicyclic) bond motifs is 1. The zero-order chi connectivity index (χ0) is 29.7. The number of Topliss-reactive ketones (excluding diaryl/α,β-unsaturated/α-hetero) is 1. The highest BCUT2D eigenvalue weighted by Crippen LogP contribution is 2.23. The van der Waals surface area contributed by atoms with Crippen molar-refractivity contribution in [3.63, 3.8) is 0 Å². The topological polar surface area (TPSA) is 120 Å². The van der Waals surface area contributed by atoms with Gasteiger partial charge in [0.1, 0.15) is 5.60 Å². The molecule has 0 bridgehead atoms. The van der Waals surface area contributed by atoms with E-state index in [2.05, 4.69) is 17.2 Å². The lowest BCUT2D eigenvalue weighted by atomic mass is 10.1. The Balaban J connectivity index is 1.65. The normalized spacial score (nSPS) is 15.3. The number of aromatic nitrogens is 4. The molecule has 4 rings (SSSR count). The molecule has 3 heterocycles. The summed E-state index contributed by atoms with van der Waals surface area (Å²) in [6.07, 6.45) is 1.79. The minimum atomic E-state index is -0.612. The van der Waals surface area contributed by atoms with Crippen LogP contribution >= 0.6 is 0 Å². The number of aryl methyl sites for hydroxylation is 2. The van der Waals surface area contributed by atoms with Gasteiger partial charge in [0.15, 0.2) is 16.9 Å². The standard InChI is InChI=1S/C30H38N6O5/c1-6-7-18-35-24-25(32-27(35)34-17-11-14-22(19-34)31-28(39)41-30(2,3)4)33(5)29(40)36(26(24)38)20-23(37)16-15-21-12-9-8-10-13-21/h8-10,12-13,22H,11,14-20H2,1-5H3,(H,31,39)/t22-/m1/s1. The van der Waals surface area contributed by atoms with E-state index in [0.717, 1.165) is 23.0 Å². The van der Waals surface area contributed by atoms with Crippen molar-refractivity contribution in [3.8, 4) is 11.8 Å². The lowest BCUT2D eigenvalue weighted by Gasteiger charge is -2.34. The van der Waals surface area contributed by atoms with Crippen LogP contribution in [0.3, 0.4) is 0 Å². The molecule has 0 unspecified atom stereocenters. The Kier molecular flexibility index (Phi) is 9.01. The number of rotatable bonds is 8. The maximum Gasteiger partial charge on any atom is 0.407 e. The van der Waals surface area contributed by atoms with Gasteiger partial charge < -0.3 is 15.0 Å². The first kappa shape index (κ1) is 29.6. The third-order valence-corrected chi connectivity index (χ3v) is 6.92. The number of benzene rings is 1. The van der Waals surface area contributed by atoms with Crippen molar-refractivity contribution >= 4 is 29.0 Å². The van der Waals surface area contributed by atoms with E-state index in [1.165, 1.54) is 4.57 Å². The van der Waals surface area contributed by atoms with E-state index in [0.29, 0.717) is 25.5 Å². The molecule has 1 aliphatic heterocycles. The second-order valence-corrected chi connectivity index (χ2v) is 11.3. The van der Waals surface area contributed by atoms with Gasteiger partial charge in [-0.05, 0) is 52.5 Å². The molecule has 3 aromatic rings. The zero-order valence-electron chi connectivity index (χ0n) is 24.4. The van der Waals surface area contributed by atoms with Gasteiger partial charge >= 0.3 is 11.8 Å². The number of nitrogens with zero attached hydrogens (tertiary/aromatic N) is 5. The molecule has 0 radical (unpaired) electrons. The molecule has 11 heteroatoms. The van der Waals surface area contributed by atoms with Gasteiger partial charge in [-0.1, -0.05) is 36.3 Å². The number of nitrogens with one attached hydrogen (secondary N) is 1. The van der Waals surface area contributed by atoms with Gasteiger partial charge in [0.2, 0.25) is 5.95 Å². The van der Waals surface area contributed by atoms with E-state index >= 15 is 0 Å². The van der Waals surface area contributed by atoms with Gasteiger partial charge in [-0.25, -0.2) is 9.59 Å². The van der Waals surface area contributed by atoms with E-state index in [9.17, 15) is 19.2 Å². The van der Waals surface area contributed by atoms with Crippen LogP contribution in [0.5, 0.6) is 0 Å². The van der Waals surface area contributed by atoms with Crippen LogP contribution in [-0.4, -0.2) is 55.3 Å². The molecule has 1 atom stereocenters. The van der Waals surface area contributed by atoms with E-state index in [1.54, 1.807) is 18.5 Å². The third-order valence-electron chi connectivity index (χ3n) is 6.92. The smallest absolute Gasteiger partial charge is 0.407 e. The number of ether oxygens (including phenoxy) is 1. The number of imidazole rings is 1. The molecule has 0 spiro atoms. The predicted molar refractivity (Wildman–Crippen MR) is 157 cm³/mol. The molecular weight excluding hydrogens is 524 g/mol. The summed E-state index contributed by atoms with van der Waals surface area (Å²) in [5, 5.41) is 2.93. The Morgan fingerprint density at radius 3 is 2.56 bits per heavy atom. The molecule has 11 nitrogen and oxygen atoms in total. The third kappa shape index (κ3) is 7.06. The molecule has 1 aliphatic rings. The van der Waals surface area contributed by atoms with Crippen molar-refractivity contribution in [1.29, 1.82) is 0 Å². The number of carbonyl (C=O) groups excluding carboxylic acids is 2. The second-order valence-electron chi connectivity index (χ2n) is 11.3. The first-order chi connectivity index (χ1) is 19.5. The van der Waals surface area contributed by atoms with Gasteiger partial charge in [0, 0.05) is 32.6 Å². The summed E-state index contributed by atoms with van der Waals surface area (Å²) in [7, 11) is 1.55. The monoisotopic (exact) mass is 562 g/mol. The zero-order valence-corrected chi connectivity index (χ0v) is 24.4. The number of alkyl carbamates (subject to hydrolysis) is 1. The Morgan fingerprint density at radius 2 is 1.88 bits per heavy atom. The van der Waals surface area contributed by atoms with Crippen molar-refractivity contribution in [1.82, 2.24) is 24.0 Å². The number of hydrogen-bond acceptors (Lipinski definition) is 7. The molecule has 0 saturated carbocycles. The van der Waals surface area contributed by atoms with Gasteiger partial charge in [-0.15, -0.1) is 5.92 Å². The highest BCUT2D eigenvalue weighted by Gasteiger charge is 2.29. The highest BCUT2D eigenvalue weighted by molar-refractivity contribution is 5.79. The molecule has 1 aromatic carbocycles. The van der Waals surface area contributed by atoms with Crippen molar-refractivity contribution in [3.05, 3.63) is 56.7 Å². The minimum absolute atomic E-state index is 0.179. The van der Waals surface area contributed by atoms with Crippen LogP contribution in [0.2, 0.25) is 0 Å². The molecule has 1 amide bonds. The first-order valence-electron chi connectivity index (χ1n) is 13.9. The molecule has 41 heavy (non-hydrogen) atoms. The molecule has 0 aliphatic carbocycles. The lowest BCUT2D eigenvalue weighted by molar-refractivity contribution is -0.119. The minimum Gasteiger partial charge on any atom is -0.444 e. The predicted octanol–water partition coefficient (Wildman–Crippen LogP) is 2.62. The molecule has 1 N–H and O–H groups in total. The van der Waals surface area contributed by atoms with E-state index in [4.69, 9.17) is 9.72 Å². The van der Waals surface area contributed by atoms with Crippen LogP contribution in [0.15, 0.2) is 39.9 Å². The Morgan fingerprint density at radius 1 is 1.15 bits per heavy atom. The summed E-state index contributed by atoms with van der Waals surface area (Å²) in [5.41, 5.74) is -0.340. The summed E-state index contributed by atoms with van der Waals surface area (Å²) in [6, 6.07) is 9.41. The molecule has 2 aromatic heterocycles. The number of amides is 1. The maximum atomic E-state index is 13.7. The van der Waals surface area contributed by atoms with Crippen LogP contribution in [0.1, 0.15) is 52.5 Å². The lowest BCUT2D eigenvalue weighted by Crippen LogP contribution is -2.49. The Labute approximate surface area is 239 Å². The summed E-state index contributed by atoms with van der Waals surface area (Å²) >= 11 is 0. The Hall–Kier alpha value is -4.33. The largest absolute Gasteiger partial charge is 0.444 e. The number of anilines is 1. The molecule has 1 saturated heterocycles. The fourth-order valence-corrected chi connectivity index (χ4v) is 4.98. The molecular formula is C30H38N6O5. The fourth-order valence-electron chi connectivity index (χ4n) is 4.98. The van der Waals surface area contributed by atoms with Crippen LogP contribution < -0.4 is 21.5 Å². The maximum absolute atomic E-state index is 13.7. The molecule has 218 valence electrons. The van der Waals surface area contributed by atoms with Gasteiger partial charge in [0.25, 0.3) is 5.56 Å². The average molecular weight is 563 g/mol. The fraction of sp³-hybridized carbons (Fsp3) is 0.500. The van der Waals surface area contributed by atoms with Gasteiger partial charge in [-0.2, -0.15) is 4.98 Å². The van der Waals surface area contributed by atoms with Crippen molar-refractivity contribution in [2.24, 2.45) is 7.05 Å². The summed E-state index contributed by atoms with van der Waals surface area (Å²) in [4.78, 5) is 58.9. The summed E-state index contributed by atoms with van der Waals surface area (Å²) in [6.45, 7) is 8.09. The van der Waals surface area contributed by atoms with Gasteiger partial charge in [0.05, 0.1) is 13.1 Å². The van der Waals surface area contributed by atoms with Crippen LogP contribution in [0.4, 0.5) is 10.7 Å². The Bertz CT molecular complexity index is 1600. The molecule has 1 fully saturated rings. The second kappa shape index (κ2) is 12.5. The van der Waals surface area contributed by atoms with Crippen LogP contribution in [-0.2, 0) is 36.1 Å². The summed E-state index contributed by atoms with van der Waals surface area (Å²) in [5.74, 6) is 6.14. The van der Waals surface area contributed by atoms with E-state index in [1.807, 2.05) is 56.0 Å². The number of carbonyl (C=O) groups is 2. The number of hydrogen-bond donors (Lipinski definition) is 1. The van der Waals surface area contributed by atoms with Gasteiger partial charge in [-0.3, -0.25) is 23.3 Å². The first-order valence-corrected chi connectivity index (χ1v) is 13.9. The summed E-state index contributed by atoms with van der Waals surface area (Å²) < 4.78 is 9.42. The highest BCUT2D eigenvalue weighted by atomic mass is 16.6. The van der Waals surface area contributed by atoms with Crippen molar-refractivity contribution in [2.45, 2.75) is 78.1 Å². The quantitative estimate of drug-likeness (QED) is 0.419.